The summed E-state index contributed by atoms with van der Waals surface area (Å²) in [7, 11) is 1.50. The van der Waals surface area contributed by atoms with E-state index in [4.69, 9.17) is 4.74 Å². The highest BCUT2D eigenvalue weighted by Crippen LogP contribution is 2.11. The first kappa shape index (κ1) is 16.9. The van der Waals surface area contributed by atoms with Crippen molar-refractivity contribution in [3.8, 4) is 0 Å². The number of hydrogen-bond acceptors (Lipinski definition) is 4. The van der Waals surface area contributed by atoms with Crippen molar-refractivity contribution in [3.05, 3.63) is 0 Å². The monoisotopic (exact) mass is 260 g/mol. The molecule has 6 nitrogen and oxygen atoms in total. The molecule has 6 heteroatoms. The van der Waals surface area contributed by atoms with Crippen molar-refractivity contribution in [1.82, 2.24) is 10.6 Å². The second kappa shape index (κ2) is 8.05. The first-order chi connectivity index (χ1) is 8.27. The molecule has 0 heterocycles. The van der Waals surface area contributed by atoms with Crippen LogP contribution in [0.15, 0.2) is 0 Å². The lowest BCUT2D eigenvalue weighted by atomic mass is 9.96. The number of carbonyl (C=O) groups excluding carboxylic acids is 2. The van der Waals surface area contributed by atoms with Gasteiger partial charge < -0.3 is 20.5 Å². The third-order valence-corrected chi connectivity index (χ3v) is 2.25. The predicted molar refractivity (Wildman–Crippen MR) is 68.0 cm³/mol. The lowest BCUT2D eigenvalue weighted by molar-refractivity contribution is -0.131. The summed E-state index contributed by atoms with van der Waals surface area (Å²) in [5, 5.41) is 14.5. The van der Waals surface area contributed by atoms with E-state index in [1.54, 1.807) is 20.8 Å². The van der Waals surface area contributed by atoms with E-state index in [1.165, 1.54) is 7.11 Å². The van der Waals surface area contributed by atoms with E-state index in [-0.39, 0.29) is 25.0 Å². The number of aliphatic hydroxyl groups is 1. The molecule has 0 aliphatic carbocycles. The molecule has 106 valence electrons. The Morgan fingerprint density at radius 2 is 1.89 bits per heavy atom. The van der Waals surface area contributed by atoms with Gasteiger partial charge in [-0.25, -0.2) is 0 Å². The topological polar surface area (TPSA) is 87.7 Å². The Kier molecular flexibility index (Phi) is 7.54. The number of ether oxygens (including phenoxy) is 1. The zero-order valence-corrected chi connectivity index (χ0v) is 11.6. The van der Waals surface area contributed by atoms with Gasteiger partial charge in [-0.05, 0) is 6.42 Å². The first-order valence-corrected chi connectivity index (χ1v) is 5.99. The maximum absolute atomic E-state index is 11.5. The standard InChI is InChI=1S/C12H24N2O4/c1-12(2,3)11(17)14-7-10(16)13-6-5-9(15)8-18-4/h9,15H,5-8H2,1-4H3,(H,13,16)(H,14,17). The van der Waals surface area contributed by atoms with Crippen LogP contribution in [-0.2, 0) is 14.3 Å². The summed E-state index contributed by atoms with van der Waals surface area (Å²) >= 11 is 0. The summed E-state index contributed by atoms with van der Waals surface area (Å²) in [5.41, 5.74) is -0.505. The van der Waals surface area contributed by atoms with E-state index >= 15 is 0 Å². The Hall–Kier alpha value is -1.14. The average molecular weight is 260 g/mol. The van der Waals surface area contributed by atoms with Gasteiger partial charge in [0, 0.05) is 19.1 Å². The van der Waals surface area contributed by atoms with E-state index in [1.807, 2.05) is 0 Å². The molecule has 0 saturated heterocycles. The molecular weight excluding hydrogens is 236 g/mol. The minimum Gasteiger partial charge on any atom is -0.391 e. The highest BCUT2D eigenvalue weighted by atomic mass is 16.5. The normalized spacial score (nSPS) is 12.9. The Labute approximate surface area is 108 Å². The molecule has 0 rings (SSSR count). The van der Waals surface area contributed by atoms with E-state index in [0.717, 1.165) is 0 Å². The fraction of sp³-hybridized carbons (Fsp3) is 0.833. The quantitative estimate of drug-likeness (QED) is 0.584. The number of nitrogens with one attached hydrogen (secondary N) is 2. The summed E-state index contributed by atoms with van der Waals surface area (Å²) in [5.74, 6) is -0.436. The van der Waals surface area contributed by atoms with Gasteiger partial charge in [0.15, 0.2) is 0 Å². The van der Waals surface area contributed by atoms with E-state index in [9.17, 15) is 14.7 Å². The fourth-order valence-electron chi connectivity index (χ4n) is 1.14. The van der Waals surface area contributed by atoms with Crippen molar-refractivity contribution >= 4 is 11.8 Å². The molecular formula is C12H24N2O4. The second-order valence-corrected chi connectivity index (χ2v) is 5.18. The Bertz CT molecular complexity index is 274. The van der Waals surface area contributed by atoms with Crippen LogP contribution in [0.4, 0.5) is 0 Å². The average Bonchev–Trinajstić information content (AvgIpc) is 2.24. The smallest absolute Gasteiger partial charge is 0.239 e. The number of aliphatic hydroxyl groups excluding tert-OH is 1. The minimum absolute atomic E-state index is 0.0452. The summed E-state index contributed by atoms with van der Waals surface area (Å²) in [4.78, 5) is 22.9. The number of amides is 2. The summed E-state index contributed by atoms with van der Waals surface area (Å²) < 4.78 is 4.76. The SMILES string of the molecule is COCC(O)CCNC(=O)CNC(=O)C(C)(C)C. The largest absolute Gasteiger partial charge is 0.391 e. The molecule has 0 fully saturated rings. The van der Waals surface area contributed by atoms with Crippen LogP contribution >= 0.6 is 0 Å². The van der Waals surface area contributed by atoms with Gasteiger partial charge in [-0.2, -0.15) is 0 Å². The molecule has 1 unspecified atom stereocenters. The zero-order valence-electron chi connectivity index (χ0n) is 11.6. The molecule has 0 radical (unpaired) electrons. The molecule has 0 spiro atoms. The molecule has 2 amide bonds. The van der Waals surface area contributed by atoms with Crippen molar-refractivity contribution in [2.75, 3.05) is 26.8 Å². The Morgan fingerprint density at radius 1 is 1.28 bits per heavy atom. The predicted octanol–water partition coefficient (Wildman–Crippen LogP) is -0.338. The molecule has 0 aromatic rings. The molecule has 0 aromatic carbocycles. The summed E-state index contributed by atoms with van der Waals surface area (Å²) in [6, 6.07) is 0. The van der Waals surface area contributed by atoms with E-state index < -0.39 is 11.5 Å². The van der Waals surface area contributed by atoms with Gasteiger partial charge in [0.1, 0.15) is 0 Å². The second-order valence-electron chi connectivity index (χ2n) is 5.18. The minimum atomic E-state index is -0.584. The highest BCUT2D eigenvalue weighted by Gasteiger charge is 2.21. The molecule has 0 aromatic heterocycles. The molecule has 1 atom stereocenters. The number of hydrogen-bond donors (Lipinski definition) is 3. The maximum Gasteiger partial charge on any atom is 0.239 e. The lowest BCUT2D eigenvalue weighted by Crippen LogP contribution is -2.42. The van der Waals surface area contributed by atoms with Crippen molar-refractivity contribution in [2.45, 2.75) is 33.3 Å². The van der Waals surface area contributed by atoms with Crippen LogP contribution < -0.4 is 10.6 Å². The molecule has 0 aliphatic heterocycles. The van der Waals surface area contributed by atoms with E-state index in [2.05, 4.69) is 10.6 Å². The fourth-order valence-corrected chi connectivity index (χ4v) is 1.14. The van der Waals surface area contributed by atoms with Crippen LogP contribution in [-0.4, -0.2) is 49.8 Å². The third kappa shape index (κ3) is 8.03. The summed E-state index contributed by atoms with van der Waals surface area (Å²) in [6.45, 7) is 5.89. The molecule has 18 heavy (non-hydrogen) atoms. The number of rotatable bonds is 7. The molecule has 0 saturated carbocycles. The molecule has 3 N–H and O–H groups in total. The summed E-state index contributed by atoms with van der Waals surface area (Å²) in [6.07, 6.45) is -0.160. The van der Waals surface area contributed by atoms with Crippen LogP contribution in [0.1, 0.15) is 27.2 Å². The van der Waals surface area contributed by atoms with Gasteiger partial charge in [0.05, 0.1) is 19.3 Å². The van der Waals surface area contributed by atoms with Crippen LogP contribution in [0.5, 0.6) is 0 Å². The van der Waals surface area contributed by atoms with Gasteiger partial charge in [-0.15, -0.1) is 0 Å². The third-order valence-electron chi connectivity index (χ3n) is 2.25. The number of methoxy groups -OCH3 is 1. The first-order valence-electron chi connectivity index (χ1n) is 5.99. The van der Waals surface area contributed by atoms with Crippen LogP contribution in [0.25, 0.3) is 0 Å². The Morgan fingerprint density at radius 3 is 2.39 bits per heavy atom. The number of carbonyl (C=O) groups is 2. The van der Waals surface area contributed by atoms with Gasteiger partial charge in [-0.3, -0.25) is 9.59 Å². The van der Waals surface area contributed by atoms with Crippen molar-refractivity contribution in [3.63, 3.8) is 0 Å². The van der Waals surface area contributed by atoms with Gasteiger partial charge in [0.25, 0.3) is 0 Å². The van der Waals surface area contributed by atoms with Gasteiger partial charge in [-0.1, -0.05) is 20.8 Å². The van der Waals surface area contributed by atoms with Gasteiger partial charge in [0.2, 0.25) is 11.8 Å². The lowest BCUT2D eigenvalue weighted by Gasteiger charge is -2.17. The van der Waals surface area contributed by atoms with Crippen LogP contribution in [0.2, 0.25) is 0 Å². The maximum atomic E-state index is 11.5. The van der Waals surface area contributed by atoms with Crippen LogP contribution in [0.3, 0.4) is 0 Å². The van der Waals surface area contributed by atoms with E-state index in [0.29, 0.717) is 13.0 Å². The van der Waals surface area contributed by atoms with Crippen LogP contribution in [0, 0.1) is 5.41 Å². The zero-order chi connectivity index (χ0) is 14.2. The van der Waals surface area contributed by atoms with Crippen molar-refractivity contribution in [2.24, 2.45) is 5.41 Å². The van der Waals surface area contributed by atoms with Crippen molar-refractivity contribution in [1.29, 1.82) is 0 Å². The highest BCUT2D eigenvalue weighted by molar-refractivity contribution is 5.87. The van der Waals surface area contributed by atoms with Gasteiger partial charge >= 0.3 is 0 Å². The molecule has 0 aliphatic rings. The molecule has 0 bridgehead atoms. The Balaban J connectivity index is 3.70. The van der Waals surface area contributed by atoms with Crippen molar-refractivity contribution < 1.29 is 19.4 Å².